The average molecular weight is 209 g/mol. The van der Waals surface area contributed by atoms with Crippen LogP contribution in [-0.2, 0) is 9.84 Å². The maximum absolute atomic E-state index is 10.9. The van der Waals surface area contributed by atoms with E-state index in [2.05, 4.69) is 0 Å². The first kappa shape index (κ1) is 12.9. The highest BCUT2D eigenvalue weighted by Crippen LogP contribution is 2.10. The zero-order valence-electron chi connectivity index (χ0n) is 8.74. The molecule has 80 valence electrons. The van der Waals surface area contributed by atoms with Gasteiger partial charge in [-0.1, -0.05) is 0 Å². The summed E-state index contributed by atoms with van der Waals surface area (Å²) in [6, 6.07) is 0. The molecule has 0 fully saturated rings. The van der Waals surface area contributed by atoms with E-state index < -0.39 is 9.84 Å². The lowest BCUT2D eigenvalue weighted by Gasteiger charge is -2.33. The van der Waals surface area contributed by atoms with Crippen molar-refractivity contribution in [3.8, 4) is 0 Å². The van der Waals surface area contributed by atoms with E-state index in [0.717, 1.165) is 0 Å². The summed E-state index contributed by atoms with van der Waals surface area (Å²) in [5, 5.41) is 9.00. The molecule has 1 N–H and O–H groups in total. The molecule has 0 saturated heterocycles. The van der Waals surface area contributed by atoms with Gasteiger partial charge in [-0.05, 0) is 20.9 Å². The Morgan fingerprint density at radius 3 is 2.15 bits per heavy atom. The van der Waals surface area contributed by atoms with Crippen LogP contribution in [0.15, 0.2) is 0 Å². The van der Waals surface area contributed by atoms with Crippen molar-refractivity contribution in [2.24, 2.45) is 0 Å². The van der Waals surface area contributed by atoms with Crippen LogP contribution in [0.2, 0.25) is 0 Å². The fourth-order valence-electron chi connectivity index (χ4n) is 0.726. The predicted molar refractivity (Wildman–Crippen MR) is 53.5 cm³/mol. The van der Waals surface area contributed by atoms with Crippen LogP contribution < -0.4 is 0 Å². The van der Waals surface area contributed by atoms with Gasteiger partial charge in [0.25, 0.3) is 0 Å². The van der Waals surface area contributed by atoms with Gasteiger partial charge in [-0.25, -0.2) is 8.42 Å². The number of sulfone groups is 1. The van der Waals surface area contributed by atoms with Crippen molar-refractivity contribution >= 4 is 9.84 Å². The first-order chi connectivity index (χ1) is 5.69. The smallest absolute Gasteiger partial charge is 0.148 e. The maximum atomic E-state index is 10.9. The summed E-state index contributed by atoms with van der Waals surface area (Å²) in [5.74, 6) is 0.132. The third kappa shape index (κ3) is 5.23. The van der Waals surface area contributed by atoms with Gasteiger partial charge in [-0.2, -0.15) is 0 Å². The first-order valence-corrected chi connectivity index (χ1v) is 6.25. The molecule has 0 unspecified atom stereocenters. The van der Waals surface area contributed by atoms with E-state index in [1.54, 1.807) is 7.05 Å². The zero-order valence-corrected chi connectivity index (χ0v) is 9.56. The Kier molecular flexibility index (Phi) is 4.35. The topological polar surface area (TPSA) is 57.6 Å². The third-order valence-electron chi connectivity index (χ3n) is 2.22. The van der Waals surface area contributed by atoms with Gasteiger partial charge < -0.3 is 5.11 Å². The second-order valence-electron chi connectivity index (χ2n) is 4.02. The lowest BCUT2D eigenvalue weighted by Crippen LogP contribution is -2.46. The summed E-state index contributed by atoms with van der Waals surface area (Å²) >= 11 is 0. The highest BCUT2D eigenvalue weighted by Gasteiger charge is 2.22. The number of rotatable bonds is 5. The van der Waals surface area contributed by atoms with Crippen LogP contribution in [0.3, 0.4) is 0 Å². The fourth-order valence-corrected chi connectivity index (χ4v) is 1.33. The van der Waals surface area contributed by atoms with E-state index >= 15 is 0 Å². The normalized spacial score (nSPS) is 13.7. The highest BCUT2D eigenvalue weighted by atomic mass is 32.2. The van der Waals surface area contributed by atoms with Crippen molar-refractivity contribution in [3.05, 3.63) is 0 Å². The molecule has 0 aromatic carbocycles. The van der Waals surface area contributed by atoms with Gasteiger partial charge in [-0.3, -0.25) is 4.90 Å². The number of nitrogens with zero attached hydrogens (tertiary/aromatic N) is 1. The molecule has 0 amide bonds. The second kappa shape index (κ2) is 4.39. The van der Waals surface area contributed by atoms with E-state index in [0.29, 0.717) is 6.54 Å². The van der Waals surface area contributed by atoms with Crippen molar-refractivity contribution in [3.63, 3.8) is 0 Å². The van der Waals surface area contributed by atoms with Crippen LogP contribution >= 0.6 is 0 Å². The lowest BCUT2D eigenvalue weighted by molar-refractivity contribution is 0.0842. The predicted octanol–water partition coefficient (Wildman–Crippen LogP) is -0.266. The maximum Gasteiger partial charge on any atom is 0.148 e. The van der Waals surface area contributed by atoms with Gasteiger partial charge in [0.15, 0.2) is 0 Å². The van der Waals surface area contributed by atoms with Crippen LogP contribution in [0, 0.1) is 0 Å². The summed E-state index contributed by atoms with van der Waals surface area (Å²) in [5.41, 5.74) is -0.356. The number of hydrogen-bond donors (Lipinski definition) is 1. The number of aliphatic hydroxyl groups excluding tert-OH is 1. The molecule has 13 heavy (non-hydrogen) atoms. The molecule has 0 aliphatic carbocycles. The molecule has 0 aromatic rings. The van der Waals surface area contributed by atoms with Gasteiger partial charge in [0, 0.05) is 18.3 Å². The molecule has 0 saturated carbocycles. The monoisotopic (exact) mass is 209 g/mol. The lowest BCUT2D eigenvalue weighted by atomic mass is 10.1. The largest absolute Gasteiger partial charge is 0.394 e. The van der Waals surface area contributed by atoms with E-state index in [1.807, 2.05) is 18.7 Å². The van der Waals surface area contributed by atoms with Gasteiger partial charge in [0.1, 0.15) is 9.84 Å². The molecule has 0 heterocycles. The minimum absolute atomic E-state index is 0.0211. The summed E-state index contributed by atoms with van der Waals surface area (Å²) in [4.78, 5) is 1.84. The quantitative estimate of drug-likeness (QED) is 0.677. The Hall–Kier alpha value is -0.130. The first-order valence-electron chi connectivity index (χ1n) is 4.19. The molecule has 0 bridgehead atoms. The number of hydrogen-bond acceptors (Lipinski definition) is 4. The Morgan fingerprint density at radius 2 is 1.85 bits per heavy atom. The fraction of sp³-hybridized carbons (Fsp3) is 1.00. The van der Waals surface area contributed by atoms with Crippen LogP contribution in [0.5, 0.6) is 0 Å². The van der Waals surface area contributed by atoms with Crippen LogP contribution in [0.25, 0.3) is 0 Å². The van der Waals surface area contributed by atoms with Crippen LogP contribution in [0.1, 0.15) is 13.8 Å². The molecule has 0 radical (unpaired) electrons. The minimum Gasteiger partial charge on any atom is -0.394 e. The summed E-state index contributed by atoms with van der Waals surface area (Å²) in [7, 11) is -1.10. The molecule has 0 aliphatic rings. The molecule has 0 atom stereocenters. The summed E-state index contributed by atoms with van der Waals surface area (Å²) in [6.45, 7) is 4.21. The standard InChI is InChI=1S/C8H19NO3S/c1-8(2,7-10)9(3)5-6-13(4,11)12/h10H,5-7H2,1-4H3. The molecular weight excluding hydrogens is 190 g/mol. The molecule has 4 nitrogen and oxygen atoms in total. The SMILES string of the molecule is CN(CCS(C)(=O)=O)C(C)(C)CO. The van der Waals surface area contributed by atoms with Gasteiger partial charge in [0.2, 0.25) is 0 Å². The van der Waals surface area contributed by atoms with Crippen LogP contribution in [-0.4, -0.2) is 56.2 Å². The summed E-state index contributed by atoms with van der Waals surface area (Å²) in [6.07, 6.45) is 1.22. The molecule has 5 heteroatoms. The number of aliphatic hydroxyl groups is 1. The molecule has 0 aliphatic heterocycles. The molecule has 0 spiro atoms. The van der Waals surface area contributed by atoms with Gasteiger partial charge in [0.05, 0.1) is 12.4 Å². The average Bonchev–Trinajstić information content (AvgIpc) is 1.98. The third-order valence-corrected chi connectivity index (χ3v) is 3.14. The Balaban J connectivity index is 4.10. The number of likely N-dealkylation sites (N-methyl/N-ethyl adjacent to an activating group) is 1. The Morgan fingerprint density at radius 1 is 1.38 bits per heavy atom. The van der Waals surface area contributed by atoms with E-state index in [1.165, 1.54) is 6.26 Å². The van der Waals surface area contributed by atoms with Crippen molar-refractivity contribution in [2.75, 3.05) is 32.2 Å². The Labute approximate surface area is 80.5 Å². The molecule has 0 rings (SSSR count). The summed E-state index contributed by atoms with van der Waals surface area (Å²) < 4.78 is 21.7. The molecular formula is C8H19NO3S. The second-order valence-corrected chi connectivity index (χ2v) is 6.28. The van der Waals surface area contributed by atoms with Crippen molar-refractivity contribution < 1.29 is 13.5 Å². The van der Waals surface area contributed by atoms with E-state index in [9.17, 15) is 8.42 Å². The minimum atomic E-state index is -2.91. The van der Waals surface area contributed by atoms with Crippen molar-refractivity contribution in [1.82, 2.24) is 4.90 Å². The van der Waals surface area contributed by atoms with Crippen molar-refractivity contribution in [2.45, 2.75) is 19.4 Å². The van der Waals surface area contributed by atoms with E-state index in [4.69, 9.17) is 5.11 Å². The van der Waals surface area contributed by atoms with E-state index in [-0.39, 0.29) is 17.9 Å². The molecule has 0 aromatic heterocycles. The Bertz CT molecular complexity index is 246. The van der Waals surface area contributed by atoms with Crippen molar-refractivity contribution in [1.29, 1.82) is 0 Å². The van der Waals surface area contributed by atoms with Crippen LogP contribution in [0.4, 0.5) is 0 Å². The zero-order chi connectivity index (χ0) is 10.7. The highest BCUT2D eigenvalue weighted by molar-refractivity contribution is 7.90. The van der Waals surface area contributed by atoms with Gasteiger partial charge in [-0.15, -0.1) is 0 Å². The van der Waals surface area contributed by atoms with Gasteiger partial charge >= 0.3 is 0 Å².